The van der Waals surface area contributed by atoms with E-state index in [-0.39, 0.29) is 88.9 Å². The third-order valence-corrected chi connectivity index (χ3v) is 13.6. The van der Waals surface area contributed by atoms with E-state index < -0.39 is 49.5 Å². The molecule has 0 aliphatic heterocycles. The lowest BCUT2D eigenvalue weighted by molar-refractivity contribution is -0.139. The molecule has 0 bridgehead atoms. The fraction of sp³-hybridized carbons (Fsp3) is 0.409. The molecule has 0 aliphatic rings. The van der Waals surface area contributed by atoms with Crippen molar-refractivity contribution in [2.75, 3.05) is 41.3 Å². The number of phenols is 1. The van der Waals surface area contributed by atoms with Crippen molar-refractivity contribution in [3.05, 3.63) is 72.9 Å². The quantitative estimate of drug-likeness (QED) is 0.0152. The average molecular weight is 959 g/mol. The molecule has 0 aliphatic carbocycles. The monoisotopic (exact) mass is 958 g/mol. The van der Waals surface area contributed by atoms with Gasteiger partial charge in [0.15, 0.2) is 0 Å². The highest BCUT2D eigenvalue weighted by Crippen LogP contribution is 2.47. The van der Waals surface area contributed by atoms with E-state index in [1.54, 1.807) is 26.0 Å². The number of benzene rings is 4. The van der Waals surface area contributed by atoms with Crippen molar-refractivity contribution >= 4 is 99.9 Å². The molecular formula is C44H58N6O12S3. The maximum absolute atomic E-state index is 14.5. The summed E-state index contributed by atoms with van der Waals surface area (Å²) < 4.78 is 81.1. The summed E-state index contributed by atoms with van der Waals surface area (Å²) in [6.45, 7) is 16.4. The number of aliphatic carboxylic acids is 1. The average Bonchev–Trinajstić information content (AvgIpc) is 3.24. The lowest BCUT2D eigenvalue weighted by atomic mass is 9.92. The Bertz CT molecular complexity index is 2620. The van der Waals surface area contributed by atoms with E-state index in [1.807, 2.05) is 0 Å². The highest BCUT2D eigenvalue weighted by molar-refractivity contribution is 7.89. The highest BCUT2D eigenvalue weighted by Gasteiger charge is 2.31. The first-order chi connectivity index (χ1) is 30.7. The molecule has 3 atom stereocenters. The number of carboxylic acid groups (broad SMARTS) is 1. The van der Waals surface area contributed by atoms with E-state index in [1.165, 1.54) is 35.5 Å². The molecular weight excluding hydrogens is 901 g/mol. The second kappa shape index (κ2) is 23.7. The minimum atomic E-state index is -4.77. The normalized spacial score (nSPS) is 13.0. The molecule has 354 valence electrons. The van der Waals surface area contributed by atoms with Crippen LogP contribution in [0.3, 0.4) is 0 Å². The van der Waals surface area contributed by atoms with Gasteiger partial charge in [-0.05, 0) is 90.7 Å². The number of aromatic hydroxyl groups is 1. The largest absolute Gasteiger partial charge is 0.507 e. The minimum absolute atomic E-state index is 0.00459. The van der Waals surface area contributed by atoms with E-state index in [0.29, 0.717) is 85.5 Å². The Kier molecular flexibility index (Phi) is 19.0. The molecule has 0 saturated carbocycles. The van der Waals surface area contributed by atoms with E-state index in [0.717, 1.165) is 4.31 Å². The minimum Gasteiger partial charge on any atom is -0.507 e. The van der Waals surface area contributed by atoms with Gasteiger partial charge in [-0.3, -0.25) is 36.9 Å². The number of sulfonamides is 1. The van der Waals surface area contributed by atoms with Gasteiger partial charge >= 0.3 is 5.97 Å². The van der Waals surface area contributed by atoms with Crippen LogP contribution in [-0.4, -0.2) is 98.6 Å². The van der Waals surface area contributed by atoms with Gasteiger partial charge in [0, 0.05) is 87.8 Å². The SMILES string of the molecule is C=C(C)C(=O)NCCCCCN(c1cc(O)c2ccc3c(S(=O)(=O)NC(CCCCNC(=O)C(=C)C)C(=O)O)cc(N(CCCCCNC(=O)C(=C)C)S(=O)O)c4ccc1c2c43)S(=O)O. The summed E-state index contributed by atoms with van der Waals surface area (Å²) in [5.41, 5.74) is 1.14. The van der Waals surface area contributed by atoms with Crippen LogP contribution < -0.4 is 29.3 Å². The van der Waals surface area contributed by atoms with E-state index >= 15 is 0 Å². The molecule has 18 nitrogen and oxygen atoms in total. The molecule has 0 spiro atoms. The van der Waals surface area contributed by atoms with Crippen LogP contribution in [0.1, 0.15) is 78.6 Å². The van der Waals surface area contributed by atoms with Crippen LogP contribution in [0.2, 0.25) is 0 Å². The molecule has 0 aromatic heterocycles. The zero-order chi connectivity index (χ0) is 48.2. The number of unbranched alkanes of at least 4 members (excludes halogenated alkanes) is 5. The predicted molar refractivity (Wildman–Crippen MR) is 255 cm³/mol. The molecule has 4 aromatic carbocycles. The van der Waals surface area contributed by atoms with Gasteiger partial charge in [0.1, 0.15) is 11.8 Å². The molecule has 3 unspecified atom stereocenters. The Morgan fingerprint density at radius 3 is 1.46 bits per heavy atom. The Balaban J connectivity index is 1.83. The van der Waals surface area contributed by atoms with Crippen LogP contribution in [0, 0.1) is 0 Å². The van der Waals surface area contributed by atoms with Crippen LogP contribution in [0.25, 0.3) is 32.3 Å². The molecule has 3 amide bonds. The van der Waals surface area contributed by atoms with Gasteiger partial charge in [0.25, 0.3) is 22.5 Å². The molecule has 4 aromatic rings. The summed E-state index contributed by atoms with van der Waals surface area (Å²) in [5.74, 6) is -2.72. The van der Waals surface area contributed by atoms with Crippen molar-refractivity contribution in [3.8, 4) is 5.75 Å². The number of nitrogens with one attached hydrogen (secondary N) is 4. The van der Waals surface area contributed by atoms with Gasteiger partial charge in [0.05, 0.1) is 16.3 Å². The topological polar surface area (TPSA) is 272 Å². The third-order valence-electron chi connectivity index (χ3n) is 10.6. The number of nitrogens with zero attached hydrogens (tertiary/aromatic N) is 2. The maximum Gasteiger partial charge on any atom is 0.321 e. The Labute approximate surface area is 383 Å². The van der Waals surface area contributed by atoms with Crippen molar-refractivity contribution < 1.29 is 55.3 Å². The molecule has 0 saturated heterocycles. The standard InChI is InChI=1S/C44H58N6O12S3/c1-27(2)41(52)45-20-10-7-13-23-49(63(57)58)35-25-37(51)32-18-19-33-38(65(61,62)48-34(44(55)56)15-9-12-22-47-43(54)29(5)6)26-36(31-17-16-30(35)39(32)40(31)33)50(64(59)60)24-14-8-11-21-46-42(53)28(3)4/h16-19,25-26,34,48,51H,1,3,5,7-15,20-24H2,2,4,6H3,(H,45,52)(H,46,53)(H,47,54)(H,55,56)(H,57,58)(H,59,60). The summed E-state index contributed by atoms with van der Waals surface area (Å²) in [5, 5.41) is 31.2. The lowest BCUT2D eigenvalue weighted by Crippen LogP contribution is -2.41. The summed E-state index contributed by atoms with van der Waals surface area (Å²) in [6, 6.07) is 7.04. The van der Waals surface area contributed by atoms with Crippen molar-refractivity contribution in [2.45, 2.75) is 89.5 Å². The van der Waals surface area contributed by atoms with Crippen molar-refractivity contribution in [2.24, 2.45) is 0 Å². The predicted octanol–water partition coefficient (Wildman–Crippen LogP) is 5.50. The lowest BCUT2D eigenvalue weighted by Gasteiger charge is -2.27. The maximum atomic E-state index is 14.5. The van der Waals surface area contributed by atoms with Crippen LogP contribution >= 0.6 is 0 Å². The van der Waals surface area contributed by atoms with Gasteiger partial charge < -0.3 is 26.2 Å². The van der Waals surface area contributed by atoms with Gasteiger partial charge in [0.2, 0.25) is 27.7 Å². The number of carbonyl (C=O) groups is 4. The van der Waals surface area contributed by atoms with Crippen molar-refractivity contribution in [3.63, 3.8) is 0 Å². The van der Waals surface area contributed by atoms with Crippen LogP contribution in [0.5, 0.6) is 5.75 Å². The Hall–Kier alpha value is -5.45. The number of hydrogen-bond acceptors (Lipinski definition) is 9. The molecule has 65 heavy (non-hydrogen) atoms. The number of hydrogen-bond donors (Lipinski definition) is 8. The second-order valence-corrected chi connectivity index (χ2v) is 19.3. The van der Waals surface area contributed by atoms with Gasteiger partial charge in [-0.1, -0.05) is 37.9 Å². The number of anilines is 2. The molecule has 0 radical (unpaired) electrons. The second-order valence-electron chi connectivity index (χ2n) is 15.8. The fourth-order valence-corrected chi connectivity index (χ4v) is 9.89. The third kappa shape index (κ3) is 13.6. The van der Waals surface area contributed by atoms with E-state index in [4.69, 9.17) is 0 Å². The number of carboxylic acids is 1. The van der Waals surface area contributed by atoms with E-state index in [9.17, 15) is 55.3 Å². The molecule has 4 rings (SSSR count). The summed E-state index contributed by atoms with van der Waals surface area (Å²) >= 11 is -5.34. The first-order valence-electron chi connectivity index (χ1n) is 21.0. The number of amides is 3. The van der Waals surface area contributed by atoms with Crippen LogP contribution in [-0.2, 0) is 51.7 Å². The Morgan fingerprint density at radius 1 is 0.631 bits per heavy atom. The molecule has 0 heterocycles. The van der Waals surface area contributed by atoms with Crippen LogP contribution in [0.15, 0.2) is 77.7 Å². The smallest absolute Gasteiger partial charge is 0.321 e. The molecule has 21 heteroatoms. The summed E-state index contributed by atoms with van der Waals surface area (Å²) in [6.07, 6.45) is 3.26. The zero-order valence-corrected chi connectivity index (χ0v) is 39.2. The number of rotatable bonds is 28. The highest BCUT2D eigenvalue weighted by atomic mass is 32.2. The Morgan fingerprint density at radius 2 is 1.03 bits per heavy atom. The van der Waals surface area contributed by atoms with Crippen LogP contribution in [0.4, 0.5) is 11.4 Å². The fourth-order valence-electron chi connectivity index (χ4n) is 7.24. The van der Waals surface area contributed by atoms with E-state index in [2.05, 4.69) is 40.4 Å². The first-order valence-corrected chi connectivity index (χ1v) is 24.6. The number of carbonyl (C=O) groups excluding carboxylic acids is 3. The van der Waals surface area contributed by atoms with Crippen molar-refractivity contribution in [1.82, 2.24) is 20.7 Å². The number of phenolic OH excluding ortho intramolecular Hbond substituents is 1. The first kappa shape index (κ1) is 52.2. The van der Waals surface area contributed by atoms with Gasteiger partial charge in [-0.2, -0.15) is 4.72 Å². The molecule has 8 N–H and O–H groups in total. The summed E-state index contributed by atoms with van der Waals surface area (Å²) in [4.78, 5) is 47.8. The zero-order valence-electron chi connectivity index (χ0n) is 36.7. The van der Waals surface area contributed by atoms with Gasteiger partial charge in [-0.15, -0.1) is 0 Å². The molecule has 0 fully saturated rings. The van der Waals surface area contributed by atoms with Gasteiger partial charge in [-0.25, -0.2) is 16.8 Å². The summed E-state index contributed by atoms with van der Waals surface area (Å²) in [7, 11) is -4.77. The van der Waals surface area contributed by atoms with Crippen molar-refractivity contribution in [1.29, 1.82) is 0 Å².